The second kappa shape index (κ2) is 8.78. The number of nitrogens with one attached hydrogen (secondary N) is 1. The number of fused-ring (bicyclic) bond motifs is 1. The van der Waals surface area contributed by atoms with E-state index in [1.54, 1.807) is 18.2 Å². The monoisotopic (exact) mass is 502 g/mol. The lowest BCUT2D eigenvalue weighted by Crippen LogP contribution is -2.32. The van der Waals surface area contributed by atoms with Gasteiger partial charge in [0.05, 0.1) is 10.6 Å². The molecule has 12 heteroatoms. The van der Waals surface area contributed by atoms with Crippen molar-refractivity contribution in [2.24, 2.45) is 0 Å². The molecule has 0 atom stereocenters. The average Bonchev–Trinajstić information content (AvgIpc) is 2.69. The molecule has 0 radical (unpaired) electrons. The summed E-state index contributed by atoms with van der Waals surface area (Å²) >= 11 is 11.8. The van der Waals surface area contributed by atoms with E-state index in [0.717, 1.165) is 12.1 Å². The molecule has 8 nitrogen and oxygen atoms in total. The second-order valence-corrected chi connectivity index (χ2v) is 10.9. The third kappa shape index (κ3) is 5.20. The number of carbonyl (C=O) groups is 1. The molecule has 3 aromatic carbocycles. The van der Waals surface area contributed by atoms with E-state index in [1.807, 2.05) is 0 Å². The molecule has 164 valence electrons. The van der Waals surface area contributed by atoms with Crippen molar-refractivity contribution in [1.29, 1.82) is 0 Å². The van der Waals surface area contributed by atoms with Crippen molar-refractivity contribution in [2.45, 2.75) is 4.90 Å². The first kappa shape index (κ1) is 23.5. The molecule has 0 fully saturated rings. The minimum atomic E-state index is -4.80. The van der Waals surface area contributed by atoms with E-state index in [1.165, 1.54) is 31.3 Å². The van der Waals surface area contributed by atoms with Gasteiger partial charge in [-0.05, 0) is 47.2 Å². The number of halogens is 2. The predicted molar refractivity (Wildman–Crippen MR) is 120 cm³/mol. The van der Waals surface area contributed by atoms with Crippen LogP contribution in [-0.4, -0.2) is 37.4 Å². The van der Waals surface area contributed by atoms with Gasteiger partial charge in [-0.25, -0.2) is 8.42 Å². The Labute approximate surface area is 188 Å². The first-order valence-corrected chi connectivity index (χ1v) is 12.7. The lowest BCUT2D eigenvalue weighted by Gasteiger charge is -2.25. The standard InChI is InChI=1S/C19H17Cl2N2O6PS/c1-22-19(24)18-4-2-3-12-7-15(5-6-17(12)18)23(11-30(25,26)27)31(28,29)16-9-13(20)8-14(21)10-16/h2-10H,11H2,1H3,(H,22,24)(H2,25,26,27). The number of nitrogens with zero attached hydrogens (tertiary/aromatic N) is 1. The molecule has 0 aliphatic rings. The highest BCUT2D eigenvalue weighted by molar-refractivity contribution is 7.93. The third-order valence-electron chi connectivity index (χ3n) is 4.36. The molecular weight excluding hydrogens is 486 g/mol. The molecule has 0 aliphatic carbocycles. The summed E-state index contributed by atoms with van der Waals surface area (Å²) in [6.07, 6.45) is -1.10. The number of amides is 1. The topological polar surface area (TPSA) is 124 Å². The summed E-state index contributed by atoms with van der Waals surface area (Å²) in [5.74, 6) is -0.327. The van der Waals surface area contributed by atoms with Crippen LogP contribution in [0.3, 0.4) is 0 Å². The van der Waals surface area contributed by atoms with E-state index in [0.29, 0.717) is 20.6 Å². The molecular formula is C19H17Cl2N2O6PS. The van der Waals surface area contributed by atoms with Crippen LogP contribution >= 0.6 is 30.8 Å². The van der Waals surface area contributed by atoms with Crippen LogP contribution in [0.2, 0.25) is 10.0 Å². The fraction of sp³-hybridized carbons (Fsp3) is 0.105. The first-order chi connectivity index (χ1) is 14.4. The highest BCUT2D eigenvalue weighted by atomic mass is 35.5. The first-order valence-electron chi connectivity index (χ1n) is 8.70. The van der Waals surface area contributed by atoms with Crippen LogP contribution < -0.4 is 9.62 Å². The van der Waals surface area contributed by atoms with Gasteiger partial charge in [0, 0.05) is 22.7 Å². The number of hydrogen-bond acceptors (Lipinski definition) is 4. The van der Waals surface area contributed by atoms with Gasteiger partial charge in [-0.15, -0.1) is 0 Å². The van der Waals surface area contributed by atoms with E-state index in [9.17, 15) is 27.6 Å². The van der Waals surface area contributed by atoms with Crippen LogP contribution in [0.1, 0.15) is 10.4 Å². The molecule has 0 aliphatic heterocycles. The number of hydrogen-bond donors (Lipinski definition) is 3. The molecule has 3 N–H and O–H groups in total. The third-order valence-corrected chi connectivity index (χ3v) is 7.39. The van der Waals surface area contributed by atoms with Crippen molar-refractivity contribution in [3.05, 3.63) is 70.2 Å². The van der Waals surface area contributed by atoms with Crippen molar-refractivity contribution in [2.75, 3.05) is 17.6 Å². The van der Waals surface area contributed by atoms with Gasteiger partial charge in [0.15, 0.2) is 0 Å². The summed E-state index contributed by atoms with van der Waals surface area (Å²) < 4.78 is 38.9. The normalized spacial score (nSPS) is 12.0. The van der Waals surface area contributed by atoms with Crippen molar-refractivity contribution in [3.63, 3.8) is 0 Å². The predicted octanol–water partition coefficient (Wildman–Crippen LogP) is 3.84. The maximum absolute atomic E-state index is 13.3. The number of anilines is 1. The number of benzene rings is 3. The van der Waals surface area contributed by atoms with Crippen molar-refractivity contribution in [1.82, 2.24) is 5.32 Å². The summed E-state index contributed by atoms with van der Waals surface area (Å²) in [5, 5.41) is 3.68. The summed E-state index contributed by atoms with van der Waals surface area (Å²) in [6, 6.07) is 12.8. The van der Waals surface area contributed by atoms with E-state index >= 15 is 0 Å². The molecule has 0 aromatic heterocycles. The Morgan fingerprint density at radius 1 is 1.06 bits per heavy atom. The summed E-state index contributed by atoms with van der Waals surface area (Å²) in [5.41, 5.74) is 0.374. The highest BCUT2D eigenvalue weighted by Crippen LogP contribution is 2.40. The Morgan fingerprint density at radius 3 is 2.29 bits per heavy atom. The van der Waals surface area contributed by atoms with E-state index in [4.69, 9.17) is 23.2 Å². The van der Waals surface area contributed by atoms with Crippen LogP contribution in [0.5, 0.6) is 0 Å². The Morgan fingerprint density at radius 2 is 1.71 bits per heavy atom. The molecule has 0 saturated heterocycles. The van der Waals surface area contributed by atoms with Gasteiger partial charge in [-0.1, -0.05) is 41.4 Å². The van der Waals surface area contributed by atoms with Crippen molar-refractivity contribution in [3.8, 4) is 0 Å². The lowest BCUT2D eigenvalue weighted by molar-refractivity contribution is 0.0964. The molecule has 0 bridgehead atoms. The minimum Gasteiger partial charge on any atom is -0.355 e. The summed E-state index contributed by atoms with van der Waals surface area (Å²) in [7, 11) is -7.75. The average molecular weight is 503 g/mol. The summed E-state index contributed by atoms with van der Waals surface area (Å²) in [6.45, 7) is 0. The van der Waals surface area contributed by atoms with Crippen LogP contribution in [0.15, 0.2) is 59.5 Å². The SMILES string of the molecule is CNC(=O)c1cccc2cc(N(CP(=O)(O)O)S(=O)(=O)c3cc(Cl)cc(Cl)c3)ccc12. The zero-order valence-corrected chi connectivity index (χ0v) is 19.2. The Bertz CT molecular complexity index is 1310. The van der Waals surface area contributed by atoms with Crippen molar-refractivity contribution < 1.29 is 27.6 Å². The van der Waals surface area contributed by atoms with E-state index in [2.05, 4.69) is 5.32 Å². The fourth-order valence-electron chi connectivity index (χ4n) is 3.03. The fourth-order valence-corrected chi connectivity index (χ4v) is 6.44. The quantitative estimate of drug-likeness (QED) is 0.440. The maximum Gasteiger partial charge on any atom is 0.345 e. The molecule has 1 amide bonds. The minimum absolute atomic E-state index is 0.000907. The number of rotatable bonds is 6. The van der Waals surface area contributed by atoms with Crippen molar-refractivity contribution >= 4 is 63.2 Å². The molecule has 3 rings (SSSR count). The summed E-state index contributed by atoms with van der Waals surface area (Å²) in [4.78, 5) is 30.8. The van der Waals surface area contributed by atoms with Gasteiger partial charge in [0.2, 0.25) is 0 Å². The Hall–Kier alpha value is -2.13. The number of sulfonamides is 1. The van der Waals surface area contributed by atoms with Gasteiger partial charge in [0.25, 0.3) is 15.9 Å². The van der Waals surface area contributed by atoms with Gasteiger partial charge in [-0.3, -0.25) is 13.7 Å². The van der Waals surface area contributed by atoms with Crippen LogP contribution in [0.25, 0.3) is 10.8 Å². The van der Waals surface area contributed by atoms with Gasteiger partial charge in [-0.2, -0.15) is 0 Å². The molecule has 0 heterocycles. The maximum atomic E-state index is 13.3. The second-order valence-electron chi connectivity index (χ2n) is 6.55. The Balaban J connectivity index is 2.20. The molecule has 0 spiro atoms. The highest BCUT2D eigenvalue weighted by Gasteiger charge is 2.32. The molecule has 31 heavy (non-hydrogen) atoms. The number of carbonyl (C=O) groups excluding carboxylic acids is 1. The zero-order valence-electron chi connectivity index (χ0n) is 16.0. The van der Waals surface area contributed by atoms with E-state index in [-0.39, 0.29) is 26.5 Å². The van der Waals surface area contributed by atoms with Crippen LogP contribution in [0, 0.1) is 0 Å². The Kier molecular flexibility index (Phi) is 6.67. The van der Waals surface area contributed by atoms with Gasteiger partial charge < -0.3 is 15.1 Å². The smallest absolute Gasteiger partial charge is 0.345 e. The van der Waals surface area contributed by atoms with Gasteiger partial charge in [0.1, 0.15) is 6.29 Å². The van der Waals surface area contributed by atoms with Gasteiger partial charge >= 0.3 is 7.60 Å². The van der Waals surface area contributed by atoms with E-state index < -0.39 is 23.9 Å². The largest absolute Gasteiger partial charge is 0.355 e. The van der Waals surface area contributed by atoms with Crippen LogP contribution in [-0.2, 0) is 14.6 Å². The molecule has 0 saturated carbocycles. The zero-order chi connectivity index (χ0) is 23.0. The molecule has 3 aromatic rings. The molecule has 0 unspecified atom stereocenters. The lowest BCUT2D eigenvalue weighted by atomic mass is 10.0. The van der Waals surface area contributed by atoms with Crippen LogP contribution in [0.4, 0.5) is 5.69 Å².